The van der Waals surface area contributed by atoms with E-state index in [9.17, 15) is 30.0 Å². The summed E-state index contributed by atoms with van der Waals surface area (Å²) in [5.74, 6) is -3.68. The van der Waals surface area contributed by atoms with Gasteiger partial charge in [-0.1, -0.05) is 19.9 Å². The number of aliphatic carboxylic acids is 1. The van der Waals surface area contributed by atoms with Crippen molar-refractivity contribution in [2.24, 2.45) is 11.8 Å². The van der Waals surface area contributed by atoms with Gasteiger partial charge in [0.25, 0.3) is 0 Å². The van der Waals surface area contributed by atoms with E-state index in [-0.39, 0.29) is 23.3 Å². The summed E-state index contributed by atoms with van der Waals surface area (Å²) in [4.78, 5) is 23.7. The van der Waals surface area contributed by atoms with Crippen molar-refractivity contribution in [1.82, 2.24) is 0 Å². The number of benzene rings is 1. The maximum Gasteiger partial charge on any atom is 0.315 e. The molecule has 0 bridgehead atoms. The monoisotopic (exact) mass is 413 g/mol. The fraction of sp³-hybridized carbons (Fsp3) is 0.579. The number of hydrogen-bond acceptors (Lipinski definition) is 8. The van der Waals surface area contributed by atoms with Crippen LogP contribution >= 0.6 is 0 Å². The Morgan fingerprint density at radius 3 is 2.48 bits per heavy atom. The van der Waals surface area contributed by atoms with Gasteiger partial charge < -0.3 is 40.0 Å². The predicted molar refractivity (Wildman–Crippen MR) is 99.9 cm³/mol. The molecule has 1 aromatic rings. The second-order valence-corrected chi connectivity index (χ2v) is 6.97. The quantitative estimate of drug-likeness (QED) is 0.404. The Morgan fingerprint density at radius 2 is 1.90 bits per heavy atom. The highest BCUT2D eigenvalue weighted by Gasteiger charge is 2.49. The maximum atomic E-state index is 12.2. The number of hydrogen-bond donors (Lipinski definition) is 5. The first-order chi connectivity index (χ1) is 13.6. The van der Waals surface area contributed by atoms with Crippen LogP contribution in [-0.4, -0.2) is 63.7 Å². The van der Waals surface area contributed by atoms with Crippen molar-refractivity contribution < 1.29 is 44.2 Å². The SMILES string of the molecule is CCOCc1ccc(OC2OC(O)C(O)C(O)C2C(=O)O)c(NC(=O)C(C)C)c1. The Bertz CT molecular complexity index is 724. The van der Waals surface area contributed by atoms with Crippen LogP contribution in [0.2, 0.25) is 0 Å². The molecule has 10 heteroatoms. The Labute approximate surface area is 168 Å². The smallest absolute Gasteiger partial charge is 0.315 e. The number of carbonyl (C=O) groups excluding carboxylic acids is 1. The largest absolute Gasteiger partial charge is 0.481 e. The van der Waals surface area contributed by atoms with Gasteiger partial charge in [0, 0.05) is 12.5 Å². The molecule has 0 saturated carbocycles. The number of aliphatic hydroxyl groups is 3. The van der Waals surface area contributed by atoms with Gasteiger partial charge in [-0.05, 0) is 24.6 Å². The Hall–Kier alpha value is -2.24. The van der Waals surface area contributed by atoms with Gasteiger partial charge in [-0.15, -0.1) is 0 Å². The van der Waals surface area contributed by atoms with Crippen molar-refractivity contribution >= 4 is 17.6 Å². The van der Waals surface area contributed by atoms with E-state index in [1.165, 1.54) is 6.07 Å². The van der Waals surface area contributed by atoms with Crippen LogP contribution in [0, 0.1) is 11.8 Å². The molecule has 5 atom stereocenters. The van der Waals surface area contributed by atoms with Gasteiger partial charge in [-0.25, -0.2) is 0 Å². The van der Waals surface area contributed by atoms with Crippen LogP contribution in [0.3, 0.4) is 0 Å². The number of anilines is 1. The number of ether oxygens (including phenoxy) is 3. The Morgan fingerprint density at radius 1 is 1.21 bits per heavy atom. The lowest BCUT2D eigenvalue weighted by atomic mass is 9.94. The molecule has 0 aliphatic carbocycles. The number of nitrogens with one attached hydrogen (secondary N) is 1. The summed E-state index contributed by atoms with van der Waals surface area (Å²) in [5, 5.41) is 41.5. The zero-order valence-electron chi connectivity index (χ0n) is 16.4. The third kappa shape index (κ3) is 5.64. The lowest BCUT2D eigenvalue weighted by molar-refractivity contribution is -0.306. The van der Waals surface area contributed by atoms with Crippen LogP contribution in [0.5, 0.6) is 5.75 Å². The summed E-state index contributed by atoms with van der Waals surface area (Å²) in [6.45, 7) is 6.05. The van der Waals surface area contributed by atoms with E-state index in [4.69, 9.17) is 14.2 Å². The summed E-state index contributed by atoms with van der Waals surface area (Å²) < 4.78 is 16.0. The normalized spacial score (nSPS) is 26.9. The molecule has 5 N–H and O–H groups in total. The molecule has 29 heavy (non-hydrogen) atoms. The van der Waals surface area contributed by atoms with Crippen molar-refractivity contribution in [3.05, 3.63) is 23.8 Å². The van der Waals surface area contributed by atoms with E-state index in [0.29, 0.717) is 13.2 Å². The summed E-state index contributed by atoms with van der Waals surface area (Å²) >= 11 is 0. The molecule has 1 saturated heterocycles. The maximum absolute atomic E-state index is 12.2. The molecule has 1 aliphatic rings. The molecule has 5 unspecified atom stereocenters. The molecule has 1 aliphatic heterocycles. The molecule has 10 nitrogen and oxygen atoms in total. The summed E-state index contributed by atoms with van der Waals surface area (Å²) in [7, 11) is 0. The summed E-state index contributed by atoms with van der Waals surface area (Å²) in [5.41, 5.74) is 0.997. The number of carboxylic acids is 1. The van der Waals surface area contributed by atoms with Gasteiger partial charge in [-0.3, -0.25) is 9.59 Å². The van der Waals surface area contributed by atoms with Crippen LogP contribution in [0.25, 0.3) is 0 Å². The molecule has 1 fully saturated rings. The first kappa shape index (κ1) is 23.0. The predicted octanol–water partition coefficient (Wildman–Crippen LogP) is 0.294. The first-order valence-electron chi connectivity index (χ1n) is 9.26. The summed E-state index contributed by atoms with van der Waals surface area (Å²) in [6, 6.07) is 4.78. The number of aliphatic hydroxyl groups excluding tert-OH is 3. The fourth-order valence-electron chi connectivity index (χ4n) is 2.70. The Balaban J connectivity index is 2.33. The lowest BCUT2D eigenvalue weighted by Gasteiger charge is -2.38. The third-order valence-electron chi connectivity index (χ3n) is 4.40. The number of amides is 1. The van der Waals surface area contributed by atoms with E-state index >= 15 is 0 Å². The van der Waals surface area contributed by atoms with Crippen LogP contribution in [0.1, 0.15) is 26.3 Å². The first-order valence-corrected chi connectivity index (χ1v) is 9.26. The van der Waals surface area contributed by atoms with Crippen LogP contribution < -0.4 is 10.1 Å². The molecule has 2 rings (SSSR count). The average molecular weight is 413 g/mol. The van der Waals surface area contributed by atoms with Crippen molar-refractivity contribution in [2.45, 2.75) is 52.2 Å². The van der Waals surface area contributed by atoms with Gasteiger partial charge in [-0.2, -0.15) is 0 Å². The van der Waals surface area contributed by atoms with E-state index in [0.717, 1.165) is 5.56 Å². The van der Waals surface area contributed by atoms with Crippen molar-refractivity contribution in [2.75, 3.05) is 11.9 Å². The van der Waals surface area contributed by atoms with Crippen molar-refractivity contribution in [1.29, 1.82) is 0 Å². The second-order valence-electron chi connectivity index (χ2n) is 6.97. The van der Waals surface area contributed by atoms with Gasteiger partial charge in [0.2, 0.25) is 12.2 Å². The van der Waals surface area contributed by atoms with E-state index < -0.39 is 36.7 Å². The standard InChI is InChI=1S/C19H27NO9/c1-4-27-8-10-5-6-12(11(7-10)20-16(23)9(2)3)28-19-13(17(24)25)14(21)15(22)18(26)29-19/h5-7,9,13-15,18-19,21-22,26H,4,8H2,1-3H3,(H,20,23)(H,24,25). The van der Waals surface area contributed by atoms with Gasteiger partial charge in [0.1, 0.15) is 23.9 Å². The van der Waals surface area contributed by atoms with Crippen LogP contribution in [0.15, 0.2) is 18.2 Å². The molecular weight excluding hydrogens is 386 g/mol. The van der Waals surface area contributed by atoms with Gasteiger partial charge in [0.05, 0.1) is 12.3 Å². The molecule has 162 valence electrons. The molecular formula is C19H27NO9. The minimum absolute atomic E-state index is 0.0753. The minimum atomic E-state index is -1.84. The second kappa shape index (κ2) is 9.99. The van der Waals surface area contributed by atoms with E-state index in [1.54, 1.807) is 26.0 Å². The number of carboxylic acid groups (broad SMARTS) is 1. The molecule has 1 aromatic carbocycles. The minimum Gasteiger partial charge on any atom is -0.481 e. The summed E-state index contributed by atoms with van der Waals surface area (Å²) in [6.07, 6.45) is -7.05. The lowest BCUT2D eigenvalue weighted by Crippen LogP contribution is -2.58. The molecule has 0 aromatic heterocycles. The number of rotatable bonds is 8. The van der Waals surface area contributed by atoms with E-state index in [2.05, 4.69) is 5.32 Å². The van der Waals surface area contributed by atoms with Crippen molar-refractivity contribution in [3.8, 4) is 5.75 Å². The highest BCUT2D eigenvalue weighted by molar-refractivity contribution is 5.93. The number of carbonyl (C=O) groups is 2. The molecule has 0 radical (unpaired) electrons. The topological polar surface area (TPSA) is 155 Å². The molecule has 1 amide bonds. The van der Waals surface area contributed by atoms with Crippen molar-refractivity contribution in [3.63, 3.8) is 0 Å². The van der Waals surface area contributed by atoms with Crippen LogP contribution in [0.4, 0.5) is 5.69 Å². The third-order valence-corrected chi connectivity index (χ3v) is 4.40. The molecule has 1 heterocycles. The highest BCUT2D eigenvalue weighted by Crippen LogP contribution is 2.33. The van der Waals surface area contributed by atoms with Gasteiger partial charge >= 0.3 is 5.97 Å². The van der Waals surface area contributed by atoms with Gasteiger partial charge in [0.15, 0.2) is 6.29 Å². The zero-order valence-corrected chi connectivity index (χ0v) is 16.4. The highest BCUT2D eigenvalue weighted by atomic mass is 16.7. The Kier molecular flexibility index (Phi) is 7.94. The fourth-order valence-corrected chi connectivity index (χ4v) is 2.70. The average Bonchev–Trinajstić information content (AvgIpc) is 2.65. The van der Waals surface area contributed by atoms with Crippen LogP contribution in [-0.2, 0) is 25.7 Å². The zero-order chi connectivity index (χ0) is 21.7. The molecule has 0 spiro atoms. The van der Waals surface area contributed by atoms with E-state index in [1.807, 2.05) is 6.92 Å².